The number of imide groups is 1. The van der Waals surface area contributed by atoms with Gasteiger partial charge >= 0.3 is 0 Å². The number of nitrogens with zero attached hydrogens (tertiary/aromatic N) is 3. The summed E-state index contributed by atoms with van der Waals surface area (Å²) in [5.41, 5.74) is 1.38. The maximum Gasteiger partial charge on any atom is 0.251 e. The van der Waals surface area contributed by atoms with Crippen LogP contribution in [0, 0.1) is 5.82 Å². The summed E-state index contributed by atoms with van der Waals surface area (Å²) < 4.78 is 18.7. The Kier molecular flexibility index (Phi) is 5.43. The number of hydrogen-bond acceptors (Lipinski definition) is 5. The van der Waals surface area contributed by atoms with Crippen LogP contribution in [0.1, 0.15) is 6.42 Å². The van der Waals surface area contributed by atoms with Crippen LogP contribution in [0.4, 0.5) is 15.8 Å². The van der Waals surface area contributed by atoms with Gasteiger partial charge in [0.2, 0.25) is 5.91 Å². The van der Waals surface area contributed by atoms with Crippen LogP contribution in [0.15, 0.2) is 42.5 Å². The van der Waals surface area contributed by atoms with E-state index < -0.39 is 11.9 Å². The lowest BCUT2D eigenvalue weighted by Gasteiger charge is -2.38. The largest absolute Gasteiger partial charge is 0.497 e. The van der Waals surface area contributed by atoms with Crippen molar-refractivity contribution < 1.29 is 18.7 Å². The second-order valence-corrected chi connectivity index (χ2v) is 7.52. The summed E-state index contributed by atoms with van der Waals surface area (Å²) in [5, 5.41) is -0.113. The number of carbonyl (C=O) groups is 2. The van der Waals surface area contributed by atoms with E-state index in [0.29, 0.717) is 18.8 Å². The third kappa shape index (κ3) is 3.80. The normalized spacial score (nSPS) is 20.4. The summed E-state index contributed by atoms with van der Waals surface area (Å²) >= 11 is 5.82. The molecule has 8 heteroatoms. The molecule has 2 amide bonds. The summed E-state index contributed by atoms with van der Waals surface area (Å²) in [5.74, 6) is -0.361. The monoisotopic (exact) mass is 417 g/mol. The molecule has 0 saturated carbocycles. The zero-order valence-corrected chi connectivity index (χ0v) is 16.7. The van der Waals surface area contributed by atoms with Gasteiger partial charge in [0.15, 0.2) is 0 Å². The zero-order valence-electron chi connectivity index (χ0n) is 16.0. The molecule has 2 fully saturated rings. The number of amides is 2. The van der Waals surface area contributed by atoms with Crippen molar-refractivity contribution in [1.82, 2.24) is 4.90 Å². The molecule has 6 nitrogen and oxygen atoms in total. The summed E-state index contributed by atoms with van der Waals surface area (Å²) in [7, 11) is 1.64. The number of rotatable bonds is 4. The average Bonchev–Trinajstić information content (AvgIpc) is 3.04. The maximum absolute atomic E-state index is 13.4. The second kappa shape index (κ2) is 8.00. The molecule has 0 radical (unpaired) electrons. The standard InChI is InChI=1S/C21H21ClFN3O3/c1-29-16-4-2-3-14(11-16)24-7-9-25(10-8-24)19-13-20(27)26(21(19)28)15-5-6-18(23)17(22)12-15/h2-6,11-12,19H,7-10,13H2,1H3/t19-/m1/s1. The fourth-order valence-electron chi connectivity index (χ4n) is 3.90. The maximum atomic E-state index is 13.4. The molecule has 152 valence electrons. The van der Waals surface area contributed by atoms with Crippen LogP contribution in [-0.4, -0.2) is 56.0 Å². The van der Waals surface area contributed by atoms with Crippen molar-refractivity contribution in [2.75, 3.05) is 43.1 Å². The minimum absolute atomic E-state index is 0.113. The Labute approximate surface area is 173 Å². The molecular weight excluding hydrogens is 397 g/mol. The third-order valence-electron chi connectivity index (χ3n) is 5.46. The van der Waals surface area contributed by atoms with E-state index in [1.165, 1.54) is 18.2 Å². The smallest absolute Gasteiger partial charge is 0.251 e. The van der Waals surface area contributed by atoms with Gasteiger partial charge in [-0.3, -0.25) is 14.5 Å². The Hall–Kier alpha value is -2.64. The van der Waals surface area contributed by atoms with Crippen molar-refractivity contribution in [2.45, 2.75) is 12.5 Å². The molecule has 0 bridgehead atoms. The zero-order chi connectivity index (χ0) is 20.5. The van der Waals surface area contributed by atoms with Crippen LogP contribution in [0.25, 0.3) is 0 Å². The first-order valence-electron chi connectivity index (χ1n) is 9.43. The Morgan fingerprint density at radius 1 is 1.03 bits per heavy atom. The minimum Gasteiger partial charge on any atom is -0.497 e. The molecule has 2 aliphatic heterocycles. The van der Waals surface area contributed by atoms with Crippen LogP contribution in [0.5, 0.6) is 5.75 Å². The van der Waals surface area contributed by atoms with E-state index in [-0.39, 0.29) is 23.3 Å². The van der Waals surface area contributed by atoms with E-state index in [9.17, 15) is 14.0 Å². The van der Waals surface area contributed by atoms with E-state index in [4.69, 9.17) is 16.3 Å². The number of methoxy groups -OCH3 is 1. The Morgan fingerprint density at radius 3 is 2.48 bits per heavy atom. The second-order valence-electron chi connectivity index (χ2n) is 7.11. The summed E-state index contributed by atoms with van der Waals surface area (Å²) in [6.45, 7) is 2.82. The van der Waals surface area contributed by atoms with Crippen molar-refractivity contribution in [2.24, 2.45) is 0 Å². The van der Waals surface area contributed by atoms with Gasteiger partial charge < -0.3 is 9.64 Å². The first-order chi connectivity index (χ1) is 14.0. The highest BCUT2D eigenvalue weighted by Gasteiger charge is 2.43. The molecule has 1 atom stereocenters. The SMILES string of the molecule is COc1cccc(N2CCN([C@@H]3CC(=O)N(c4ccc(F)c(Cl)c4)C3=O)CC2)c1. The number of benzene rings is 2. The molecule has 2 aliphatic rings. The summed E-state index contributed by atoms with van der Waals surface area (Å²) in [4.78, 5) is 30.8. The lowest BCUT2D eigenvalue weighted by molar-refractivity contribution is -0.123. The van der Waals surface area contributed by atoms with Crippen LogP contribution < -0.4 is 14.5 Å². The number of piperazine rings is 1. The molecule has 0 aromatic heterocycles. The predicted octanol–water partition coefficient (Wildman–Crippen LogP) is 2.94. The minimum atomic E-state index is -0.584. The van der Waals surface area contributed by atoms with Gasteiger partial charge in [0.25, 0.3) is 5.91 Å². The summed E-state index contributed by atoms with van der Waals surface area (Å²) in [6.07, 6.45) is 0.118. The Balaban J connectivity index is 1.44. The van der Waals surface area contributed by atoms with Gasteiger partial charge in [0.05, 0.1) is 30.3 Å². The lowest BCUT2D eigenvalue weighted by Crippen LogP contribution is -2.52. The molecule has 0 N–H and O–H groups in total. The van der Waals surface area contributed by atoms with Gasteiger partial charge in [-0.1, -0.05) is 17.7 Å². The van der Waals surface area contributed by atoms with Gasteiger partial charge in [-0.05, 0) is 30.3 Å². The van der Waals surface area contributed by atoms with Crippen LogP contribution in [0.2, 0.25) is 5.02 Å². The van der Waals surface area contributed by atoms with Crippen LogP contribution >= 0.6 is 11.6 Å². The molecule has 2 aromatic rings. The van der Waals surface area contributed by atoms with Gasteiger partial charge in [0.1, 0.15) is 11.6 Å². The van der Waals surface area contributed by atoms with Crippen LogP contribution in [-0.2, 0) is 9.59 Å². The van der Waals surface area contributed by atoms with Crippen molar-refractivity contribution in [1.29, 1.82) is 0 Å². The molecule has 2 saturated heterocycles. The first kappa shape index (κ1) is 19.7. The fraction of sp³-hybridized carbons (Fsp3) is 0.333. The highest BCUT2D eigenvalue weighted by Crippen LogP contribution is 2.30. The molecule has 2 heterocycles. The number of halogens is 2. The van der Waals surface area contributed by atoms with Gasteiger partial charge in [-0.15, -0.1) is 0 Å². The molecular formula is C21H21ClFN3O3. The van der Waals surface area contributed by atoms with E-state index in [0.717, 1.165) is 29.4 Å². The van der Waals surface area contributed by atoms with Crippen molar-refractivity contribution in [3.63, 3.8) is 0 Å². The van der Waals surface area contributed by atoms with Gasteiger partial charge in [-0.2, -0.15) is 0 Å². The molecule has 29 heavy (non-hydrogen) atoms. The molecule has 0 unspecified atom stereocenters. The van der Waals surface area contributed by atoms with E-state index in [1.807, 2.05) is 29.2 Å². The van der Waals surface area contributed by atoms with E-state index >= 15 is 0 Å². The topological polar surface area (TPSA) is 53.1 Å². The quantitative estimate of drug-likeness (QED) is 0.716. The number of anilines is 2. The van der Waals surface area contributed by atoms with E-state index in [1.54, 1.807) is 7.11 Å². The lowest BCUT2D eigenvalue weighted by atomic mass is 10.1. The molecule has 0 spiro atoms. The highest BCUT2D eigenvalue weighted by atomic mass is 35.5. The third-order valence-corrected chi connectivity index (χ3v) is 5.75. The summed E-state index contributed by atoms with van der Waals surface area (Å²) in [6, 6.07) is 11.2. The number of ether oxygens (including phenoxy) is 1. The van der Waals surface area contributed by atoms with Gasteiger partial charge in [0, 0.05) is 37.9 Å². The molecule has 0 aliphatic carbocycles. The van der Waals surface area contributed by atoms with Crippen molar-refractivity contribution in [3.8, 4) is 5.75 Å². The Morgan fingerprint density at radius 2 is 1.79 bits per heavy atom. The van der Waals surface area contributed by atoms with Crippen molar-refractivity contribution in [3.05, 3.63) is 53.3 Å². The van der Waals surface area contributed by atoms with Gasteiger partial charge in [-0.25, -0.2) is 9.29 Å². The molecule has 2 aromatic carbocycles. The first-order valence-corrected chi connectivity index (χ1v) is 9.80. The highest BCUT2D eigenvalue weighted by molar-refractivity contribution is 6.31. The molecule has 4 rings (SSSR count). The van der Waals surface area contributed by atoms with E-state index in [2.05, 4.69) is 4.90 Å². The predicted molar refractivity (Wildman–Crippen MR) is 109 cm³/mol. The fourth-order valence-corrected chi connectivity index (χ4v) is 4.07. The number of hydrogen-bond donors (Lipinski definition) is 0. The van der Waals surface area contributed by atoms with Crippen LogP contribution in [0.3, 0.4) is 0 Å². The number of carbonyl (C=O) groups excluding carboxylic acids is 2. The Bertz CT molecular complexity index is 947. The average molecular weight is 418 g/mol. The van der Waals surface area contributed by atoms with Crippen molar-refractivity contribution >= 4 is 34.8 Å².